The molecule has 0 heterocycles. The Labute approximate surface area is 351 Å². The van der Waals surface area contributed by atoms with Crippen molar-refractivity contribution in [2.24, 2.45) is 4.99 Å². The van der Waals surface area contributed by atoms with Gasteiger partial charge >= 0.3 is 76.0 Å². The van der Waals surface area contributed by atoms with E-state index in [1.165, 1.54) is 0 Å². The van der Waals surface area contributed by atoms with Crippen molar-refractivity contribution in [3.63, 3.8) is 0 Å². The number of benzene rings is 1. The first-order chi connectivity index (χ1) is 27.1. The molecule has 0 unspecified atom stereocenters. The molecular formula is C17H39N4O30P10S+. The summed E-state index contributed by atoms with van der Waals surface area (Å²) in [6, 6.07) is 3.35. The highest BCUT2D eigenvalue weighted by Crippen LogP contribution is 2.73. The maximum atomic E-state index is 13.0. The van der Waals surface area contributed by atoms with Gasteiger partial charge < -0.3 is 97.9 Å². The first-order valence-electron chi connectivity index (χ1n) is 15.1. The first kappa shape index (κ1) is 60.4. The molecule has 0 saturated carbocycles. The molecule has 34 nitrogen and oxygen atoms in total. The molecule has 0 spiro atoms. The van der Waals surface area contributed by atoms with E-state index in [0.717, 1.165) is 24.3 Å². The van der Waals surface area contributed by atoms with E-state index < -0.39 is 156 Å². The minimum Gasteiger partial charge on any atom is -0.323 e. The summed E-state index contributed by atoms with van der Waals surface area (Å²) in [5, 5.41) is 1.88. The maximum absolute atomic E-state index is 13.0. The smallest absolute Gasteiger partial charge is 0.323 e. The molecule has 20 N–H and O–H groups in total. The summed E-state index contributed by atoms with van der Waals surface area (Å²) in [6.07, 6.45) is 0. The lowest BCUT2D eigenvalue weighted by Crippen LogP contribution is -2.62. The standard InChI is InChI=1S/C17H38N4O30P10S/c22-52(23,24)13(53(25,26)27)19(5-6-20(14(54(28,29)30)55(31,32)33)15(56(34,35)36)57(37,38)39)7-8-21(16(58(40,41)42)59(43,44)45,17(60(46,47)48)61(49,50)51)9-11-1-3-12(4-2-11)18-10-62/h1-4,13-17H,5-9H2,(H19-,22,23,24,25,26,27,28,29,30,31,32,33,34,35,36,37,38,39,40,41,42,43,44,45,46,47,48,49,50,51)/p+1. The minimum absolute atomic E-state index is 0.139. The Morgan fingerprint density at radius 1 is 0.468 bits per heavy atom. The predicted octanol–water partition coefficient (Wildman–Crippen LogP) is -2.46. The van der Waals surface area contributed by atoms with E-state index in [0.29, 0.717) is 0 Å². The minimum atomic E-state index is -6.85. The molecule has 0 aromatic heterocycles. The zero-order valence-corrected chi connectivity index (χ0v) is 39.7. The van der Waals surface area contributed by atoms with Crippen molar-refractivity contribution in [1.29, 1.82) is 0 Å². The second-order valence-electron chi connectivity index (χ2n) is 12.8. The molecular weight excluding hydrogens is 1080 g/mol. The molecule has 0 aliphatic heterocycles. The highest BCUT2D eigenvalue weighted by molar-refractivity contribution is 7.78. The van der Waals surface area contributed by atoms with Crippen molar-refractivity contribution < 1.29 is 148 Å². The highest BCUT2D eigenvalue weighted by atomic mass is 32.1. The van der Waals surface area contributed by atoms with Crippen molar-refractivity contribution >= 4 is 99.0 Å². The van der Waals surface area contributed by atoms with Crippen molar-refractivity contribution in [3.05, 3.63) is 29.8 Å². The van der Waals surface area contributed by atoms with E-state index in [-0.39, 0.29) is 5.69 Å². The van der Waals surface area contributed by atoms with E-state index >= 15 is 0 Å². The fraction of sp³-hybridized carbons (Fsp3) is 0.588. The van der Waals surface area contributed by atoms with Gasteiger partial charge in [-0.1, -0.05) is 12.1 Å². The third-order valence-corrected chi connectivity index (χ3v) is 26.7. The van der Waals surface area contributed by atoms with Crippen LogP contribution in [-0.4, -0.2) is 171 Å². The van der Waals surface area contributed by atoms with E-state index in [1.54, 1.807) is 0 Å². The number of isothiocyanates is 1. The van der Waals surface area contributed by atoms with Gasteiger partial charge in [-0.25, -0.2) is 0 Å². The second kappa shape index (κ2) is 20.6. The number of aliphatic imine (C=N–C) groups is 1. The molecule has 0 bridgehead atoms. The van der Waals surface area contributed by atoms with Gasteiger partial charge in [0.25, 0.3) is 11.0 Å². The molecule has 0 aliphatic rings. The third kappa shape index (κ3) is 16.6. The molecule has 0 amide bonds. The number of thiocarbonyl (C=S) groups is 1. The predicted molar refractivity (Wildman–Crippen MR) is 208 cm³/mol. The van der Waals surface area contributed by atoms with Crippen LogP contribution in [0.1, 0.15) is 5.56 Å². The van der Waals surface area contributed by atoms with Gasteiger partial charge in [0.15, 0.2) is 0 Å². The van der Waals surface area contributed by atoms with E-state index in [1.807, 2.05) is 5.16 Å². The van der Waals surface area contributed by atoms with Crippen LogP contribution in [0.25, 0.3) is 0 Å². The highest BCUT2D eigenvalue weighted by Gasteiger charge is 2.70. The van der Waals surface area contributed by atoms with Gasteiger partial charge in [0.2, 0.25) is 16.6 Å². The van der Waals surface area contributed by atoms with Crippen LogP contribution in [0.2, 0.25) is 0 Å². The average Bonchev–Trinajstić information content (AvgIpc) is 2.92. The van der Waals surface area contributed by atoms with Crippen molar-refractivity contribution in [2.75, 3.05) is 26.2 Å². The molecule has 1 rings (SSSR count). The van der Waals surface area contributed by atoms with Gasteiger partial charge in [-0.15, -0.1) is 0 Å². The van der Waals surface area contributed by atoms with E-state index in [2.05, 4.69) is 17.2 Å². The van der Waals surface area contributed by atoms with Gasteiger partial charge in [-0.3, -0.25) is 59.9 Å². The van der Waals surface area contributed by atoms with E-state index in [9.17, 15) is 144 Å². The molecule has 0 aliphatic carbocycles. The number of quaternary nitrogens is 1. The number of rotatable bonds is 24. The number of hydrogen-bond acceptors (Lipinski definition) is 14. The molecule has 1 aromatic rings. The lowest BCUT2D eigenvalue weighted by Gasteiger charge is -2.49. The molecule has 1 aromatic carbocycles. The summed E-state index contributed by atoms with van der Waals surface area (Å²) in [5.74, 6) is 0. The zero-order valence-electron chi connectivity index (χ0n) is 29.9. The van der Waals surface area contributed by atoms with Crippen LogP contribution in [0.5, 0.6) is 0 Å². The largest absolute Gasteiger partial charge is 0.395 e. The third-order valence-electron chi connectivity index (χ3n) is 7.89. The Bertz CT molecular complexity index is 2110. The summed E-state index contributed by atoms with van der Waals surface area (Å²) in [6.45, 7) is -10.5. The normalized spacial score (nSPS) is 15.1. The lowest BCUT2D eigenvalue weighted by atomic mass is 10.2. The molecule has 0 radical (unpaired) electrons. The second-order valence-corrected chi connectivity index (χ2v) is 31.6. The number of nitrogens with zero attached hydrogens (tertiary/aromatic N) is 4. The maximum Gasteiger partial charge on any atom is 0.395 e. The van der Waals surface area contributed by atoms with Gasteiger partial charge in [-0.2, -0.15) is 4.99 Å². The molecule has 62 heavy (non-hydrogen) atoms. The lowest BCUT2D eigenvalue weighted by molar-refractivity contribution is -0.942. The van der Waals surface area contributed by atoms with Crippen LogP contribution in [0, 0.1) is 0 Å². The summed E-state index contributed by atoms with van der Waals surface area (Å²) < 4.78 is 124. The Balaban J connectivity index is 4.71. The van der Waals surface area contributed by atoms with Crippen LogP contribution in [0.15, 0.2) is 29.3 Å². The van der Waals surface area contributed by atoms with Crippen LogP contribution in [-0.2, 0) is 52.2 Å². The van der Waals surface area contributed by atoms with Crippen LogP contribution < -0.4 is 0 Å². The van der Waals surface area contributed by atoms with Crippen molar-refractivity contribution in [3.8, 4) is 0 Å². The van der Waals surface area contributed by atoms with Gasteiger partial charge in [0.1, 0.15) is 6.54 Å². The van der Waals surface area contributed by atoms with Gasteiger partial charge in [0.05, 0.1) is 17.4 Å². The summed E-state index contributed by atoms with van der Waals surface area (Å²) in [7, 11) is -67.5. The summed E-state index contributed by atoms with van der Waals surface area (Å²) in [4.78, 5) is 204. The van der Waals surface area contributed by atoms with Crippen LogP contribution in [0.3, 0.4) is 0 Å². The Morgan fingerprint density at radius 2 is 0.774 bits per heavy atom. The fourth-order valence-corrected chi connectivity index (χ4v) is 22.6. The topological polar surface area (TPSA) is 594 Å². The SMILES string of the molecule is O=P(O)(O)C(N(CCN(C(P(=O)(O)O)P(=O)(O)O)C(P(=O)(O)O)P(=O)(O)O)CC[N+](Cc1ccc(N=C=S)cc1)(C(P(=O)(O)O)P(=O)(O)O)C(P(=O)(O)O)P(=O)(O)O)P(=O)(O)O. The van der Waals surface area contributed by atoms with Crippen LogP contribution in [0.4, 0.5) is 5.69 Å². The number of hydrogen-bond donors (Lipinski definition) is 20. The van der Waals surface area contributed by atoms with Gasteiger partial charge in [0, 0.05) is 25.2 Å². The fourth-order valence-electron chi connectivity index (χ4n) is 6.29. The zero-order chi connectivity index (χ0) is 49.5. The first-order valence-corrected chi connectivity index (χ1v) is 32.3. The monoisotopic (exact) mass is 1120 g/mol. The summed E-state index contributed by atoms with van der Waals surface area (Å²) in [5.41, 5.74) is -21.0. The van der Waals surface area contributed by atoms with E-state index in [4.69, 9.17) is 0 Å². The Hall–Kier alpha value is 0.400. The van der Waals surface area contributed by atoms with Crippen LogP contribution >= 0.6 is 88.2 Å². The quantitative estimate of drug-likeness (QED) is 0.0221. The summed E-state index contributed by atoms with van der Waals surface area (Å²) >= 11 is 4.42. The Kier molecular flexibility index (Phi) is 20.0. The molecule has 45 heteroatoms. The van der Waals surface area contributed by atoms with Crippen molar-refractivity contribution in [2.45, 2.75) is 34.2 Å². The van der Waals surface area contributed by atoms with Crippen molar-refractivity contribution in [1.82, 2.24) is 9.80 Å². The molecule has 0 saturated heterocycles. The molecule has 0 atom stereocenters. The molecule has 362 valence electrons. The average molecular weight is 1120 g/mol. The molecule has 0 fully saturated rings. The van der Waals surface area contributed by atoms with Gasteiger partial charge in [-0.05, 0) is 24.4 Å². The Morgan fingerprint density at radius 3 is 1.03 bits per heavy atom.